The highest BCUT2D eigenvalue weighted by Gasteiger charge is 2.28. The van der Waals surface area contributed by atoms with Crippen molar-refractivity contribution >= 4 is 6.09 Å². The number of amides is 1. The number of carbonyl (C=O) groups is 1. The lowest BCUT2D eigenvalue weighted by molar-refractivity contribution is -0.103. The van der Waals surface area contributed by atoms with Gasteiger partial charge in [0.1, 0.15) is 0 Å². The van der Waals surface area contributed by atoms with Gasteiger partial charge in [0, 0.05) is 0 Å². The molecule has 1 amide bonds. The maximum Gasteiger partial charge on any atom is 0.431 e. The fourth-order valence-electron chi connectivity index (χ4n) is 1.09. The minimum atomic E-state index is -0.982. The van der Waals surface area contributed by atoms with Crippen molar-refractivity contribution in [2.24, 2.45) is 0 Å². The highest BCUT2D eigenvalue weighted by Crippen LogP contribution is 2.16. The lowest BCUT2D eigenvalue weighted by Crippen LogP contribution is -2.32. The van der Waals surface area contributed by atoms with Crippen LogP contribution in [-0.2, 0) is 4.84 Å². The lowest BCUT2D eigenvalue weighted by Gasteiger charge is -2.16. The van der Waals surface area contributed by atoms with E-state index in [4.69, 9.17) is 9.94 Å². The van der Waals surface area contributed by atoms with Crippen molar-refractivity contribution in [1.82, 2.24) is 5.06 Å². The van der Waals surface area contributed by atoms with Crippen molar-refractivity contribution in [3.8, 4) is 0 Å². The Morgan fingerprint density at radius 2 is 2.60 bits per heavy atom. The quantitative estimate of drug-likeness (QED) is 0.600. The Kier molecular flexibility index (Phi) is 2.11. The minimum absolute atomic E-state index is 0.0671. The molecule has 0 bridgehead atoms. The molecule has 0 aliphatic carbocycles. The molecule has 0 aromatic rings. The van der Waals surface area contributed by atoms with Gasteiger partial charge in [-0.1, -0.05) is 6.92 Å². The molecule has 0 saturated carbocycles. The second-order valence-electron chi connectivity index (χ2n) is 2.29. The number of hydrogen-bond donors (Lipinski definition) is 1. The standard InChI is InChI=1S/C6H11NO3/c1-2-5-3-4-10-7(5)6(8)9/h5H,2-4H2,1H3,(H,8,9). The van der Waals surface area contributed by atoms with E-state index in [1.54, 1.807) is 0 Å². The minimum Gasteiger partial charge on any atom is -0.463 e. The molecule has 58 valence electrons. The van der Waals surface area contributed by atoms with Crippen molar-refractivity contribution in [3.05, 3.63) is 0 Å². The van der Waals surface area contributed by atoms with Gasteiger partial charge in [0.25, 0.3) is 0 Å². The second kappa shape index (κ2) is 2.88. The average molecular weight is 145 g/mol. The Bertz CT molecular complexity index is 137. The molecular formula is C6H11NO3. The first-order chi connectivity index (χ1) is 4.75. The van der Waals surface area contributed by atoms with Crippen LogP contribution < -0.4 is 0 Å². The summed E-state index contributed by atoms with van der Waals surface area (Å²) >= 11 is 0. The molecule has 1 unspecified atom stereocenters. The molecule has 1 atom stereocenters. The normalized spacial score (nSPS) is 25.3. The van der Waals surface area contributed by atoms with Crippen LogP contribution in [0.3, 0.4) is 0 Å². The molecule has 0 aromatic carbocycles. The molecule has 10 heavy (non-hydrogen) atoms. The van der Waals surface area contributed by atoms with Gasteiger partial charge in [0.05, 0.1) is 12.6 Å². The van der Waals surface area contributed by atoms with Crippen LogP contribution in [0.2, 0.25) is 0 Å². The van der Waals surface area contributed by atoms with Crippen LogP contribution in [0.15, 0.2) is 0 Å². The van der Waals surface area contributed by atoms with Crippen LogP contribution >= 0.6 is 0 Å². The van der Waals surface area contributed by atoms with Crippen LogP contribution in [0.4, 0.5) is 4.79 Å². The summed E-state index contributed by atoms with van der Waals surface area (Å²) in [6, 6.07) is 0.0671. The molecule has 4 heteroatoms. The summed E-state index contributed by atoms with van der Waals surface area (Å²) in [4.78, 5) is 15.2. The Balaban J connectivity index is 2.50. The topological polar surface area (TPSA) is 49.8 Å². The van der Waals surface area contributed by atoms with E-state index in [2.05, 4.69) is 0 Å². The van der Waals surface area contributed by atoms with Crippen LogP contribution in [0.5, 0.6) is 0 Å². The molecule has 1 aliphatic rings. The molecule has 1 heterocycles. The van der Waals surface area contributed by atoms with E-state index in [9.17, 15) is 4.79 Å². The van der Waals surface area contributed by atoms with E-state index in [0.29, 0.717) is 6.61 Å². The van der Waals surface area contributed by atoms with Gasteiger partial charge < -0.3 is 5.11 Å². The van der Waals surface area contributed by atoms with E-state index in [0.717, 1.165) is 17.9 Å². The number of carboxylic acid groups (broad SMARTS) is 1. The smallest absolute Gasteiger partial charge is 0.431 e. The summed E-state index contributed by atoms with van der Waals surface area (Å²) < 4.78 is 0. The van der Waals surface area contributed by atoms with Gasteiger partial charge >= 0.3 is 6.09 Å². The van der Waals surface area contributed by atoms with Gasteiger partial charge in [0.15, 0.2) is 0 Å². The second-order valence-corrected chi connectivity index (χ2v) is 2.29. The molecule has 1 saturated heterocycles. The van der Waals surface area contributed by atoms with Crippen molar-refractivity contribution in [3.63, 3.8) is 0 Å². The summed E-state index contributed by atoms with van der Waals surface area (Å²) in [5, 5.41) is 9.56. The van der Waals surface area contributed by atoms with Crippen molar-refractivity contribution < 1.29 is 14.7 Å². The van der Waals surface area contributed by atoms with E-state index in [-0.39, 0.29) is 6.04 Å². The Morgan fingerprint density at radius 3 is 3.00 bits per heavy atom. The Labute approximate surface area is 59.3 Å². The summed E-state index contributed by atoms with van der Waals surface area (Å²) in [6.07, 6.45) is 0.666. The zero-order valence-electron chi connectivity index (χ0n) is 5.91. The zero-order valence-corrected chi connectivity index (χ0v) is 5.91. The van der Waals surface area contributed by atoms with Gasteiger partial charge in [-0.3, -0.25) is 4.84 Å². The SMILES string of the molecule is CCC1CCON1C(=O)O. The average Bonchev–Trinajstić information content (AvgIpc) is 2.33. The fourth-order valence-corrected chi connectivity index (χ4v) is 1.09. The summed E-state index contributed by atoms with van der Waals surface area (Å²) in [7, 11) is 0. The highest BCUT2D eigenvalue weighted by atomic mass is 16.7. The lowest BCUT2D eigenvalue weighted by atomic mass is 10.2. The third kappa shape index (κ3) is 1.21. The van der Waals surface area contributed by atoms with E-state index < -0.39 is 6.09 Å². The number of nitrogens with zero attached hydrogens (tertiary/aromatic N) is 1. The maximum atomic E-state index is 10.4. The molecular weight excluding hydrogens is 134 g/mol. The zero-order chi connectivity index (χ0) is 7.56. The largest absolute Gasteiger partial charge is 0.463 e. The van der Waals surface area contributed by atoms with Crippen molar-refractivity contribution in [2.75, 3.05) is 6.61 Å². The highest BCUT2D eigenvalue weighted by molar-refractivity contribution is 5.64. The van der Waals surface area contributed by atoms with E-state index >= 15 is 0 Å². The number of rotatable bonds is 1. The Morgan fingerprint density at radius 1 is 1.90 bits per heavy atom. The first kappa shape index (κ1) is 7.34. The predicted octanol–water partition coefficient (Wildman–Crippen LogP) is 1.08. The summed E-state index contributed by atoms with van der Waals surface area (Å²) in [5.41, 5.74) is 0. The monoisotopic (exact) mass is 145 g/mol. The molecule has 0 radical (unpaired) electrons. The van der Waals surface area contributed by atoms with E-state index in [1.807, 2.05) is 6.92 Å². The van der Waals surface area contributed by atoms with Crippen molar-refractivity contribution in [1.29, 1.82) is 0 Å². The molecule has 0 aromatic heterocycles. The van der Waals surface area contributed by atoms with Crippen LogP contribution in [0, 0.1) is 0 Å². The third-order valence-electron chi connectivity index (χ3n) is 1.67. The van der Waals surface area contributed by atoms with Gasteiger partial charge in [-0.05, 0) is 12.8 Å². The number of hydrogen-bond acceptors (Lipinski definition) is 2. The molecule has 1 aliphatic heterocycles. The van der Waals surface area contributed by atoms with Crippen LogP contribution in [-0.4, -0.2) is 28.9 Å². The number of hydroxylamine groups is 2. The molecule has 1 rings (SSSR count). The predicted molar refractivity (Wildman–Crippen MR) is 34.5 cm³/mol. The van der Waals surface area contributed by atoms with Gasteiger partial charge in [-0.15, -0.1) is 0 Å². The first-order valence-electron chi connectivity index (χ1n) is 3.40. The fraction of sp³-hybridized carbons (Fsp3) is 0.833. The summed E-state index contributed by atoms with van der Waals surface area (Å²) in [6.45, 7) is 2.49. The molecule has 4 nitrogen and oxygen atoms in total. The molecule has 1 fully saturated rings. The molecule has 0 spiro atoms. The van der Waals surface area contributed by atoms with Crippen LogP contribution in [0.25, 0.3) is 0 Å². The first-order valence-corrected chi connectivity index (χ1v) is 3.40. The molecule has 1 N–H and O–H groups in total. The van der Waals surface area contributed by atoms with Gasteiger partial charge in [-0.25, -0.2) is 4.79 Å². The van der Waals surface area contributed by atoms with Crippen molar-refractivity contribution in [2.45, 2.75) is 25.8 Å². The Hall–Kier alpha value is -0.770. The maximum absolute atomic E-state index is 10.4. The van der Waals surface area contributed by atoms with Gasteiger partial charge in [0.2, 0.25) is 0 Å². The summed E-state index contributed by atoms with van der Waals surface area (Å²) in [5.74, 6) is 0. The third-order valence-corrected chi connectivity index (χ3v) is 1.67. The van der Waals surface area contributed by atoms with E-state index in [1.165, 1.54) is 0 Å². The van der Waals surface area contributed by atoms with Gasteiger partial charge in [-0.2, -0.15) is 5.06 Å². The van der Waals surface area contributed by atoms with Crippen LogP contribution in [0.1, 0.15) is 19.8 Å².